The molecule has 37 heavy (non-hydrogen) atoms. The lowest BCUT2D eigenvalue weighted by molar-refractivity contribution is 0.0734. The number of hydrogen-bond acceptors (Lipinski definition) is 8. The molecule has 1 fully saturated rings. The number of rotatable bonds is 6. The lowest BCUT2D eigenvalue weighted by atomic mass is 9.91. The molecule has 0 unspecified atom stereocenters. The molecule has 1 aromatic heterocycles. The number of hydrogen-bond donors (Lipinski definition) is 5. The Hall–Kier alpha value is -4.18. The number of nitrogens with one attached hydrogen (secondary N) is 2. The number of nitrogens with two attached hydrogens (primary N) is 2. The zero-order valence-corrected chi connectivity index (χ0v) is 20.5. The first-order chi connectivity index (χ1) is 17.9. The second-order valence-corrected chi connectivity index (χ2v) is 9.65. The zero-order valence-electron chi connectivity index (χ0n) is 20.5. The van der Waals surface area contributed by atoms with Gasteiger partial charge in [-0.05, 0) is 66.8 Å². The van der Waals surface area contributed by atoms with Gasteiger partial charge in [-0.1, -0.05) is 18.9 Å². The molecule has 192 valence electrons. The van der Waals surface area contributed by atoms with Gasteiger partial charge in [-0.2, -0.15) is 4.98 Å². The first-order valence-electron chi connectivity index (χ1n) is 12.5. The molecule has 1 aliphatic carbocycles. The molecule has 7 N–H and O–H groups in total. The lowest BCUT2D eigenvalue weighted by Gasteiger charge is -2.30. The third-order valence-corrected chi connectivity index (χ3v) is 7.07. The minimum Gasteiger partial charge on any atom is -0.508 e. The average molecular weight is 502 g/mol. The van der Waals surface area contributed by atoms with Crippen LogP contribution in [0.2, 0.25) is 0 Å². The Morgan fingerprint density at radius 3 is 2.59 bits per heavy atom. The quantitative estimate of drug-likeness (QED) is 0.345. The maximum atomic E-state index is 13.0. The van der Waals surface area contributed by atoms with E-state index < -0.39 is 5.91 Å². The van der Waals surface area contributed by atoms with Crippen LogP contribution in [0.5, 0.6) is 5.75 Å². The van der Waals surface area contributed by atoms with Crippen molar-refractivity contribution in [3.63, 3.8) is 0 Å². The van der Waals surface area contributed by atoms with Crippen LogP contribution in [-0.2, 0) is 13.0 Å². The highest BCUT2D eigenvalue weighted by atomic mass is 16.3. The molecule has 2 atom stereocenters. The first-order valence-corrected chi connectivity index (χ1v) is 12.5. The Morgan fingerprint density at radius 2 is 1.84 bits per heavy atom. The van der Waals surface area contributed by atoms with E-state index in [4.69, 9.17) is 11.5 Å². The Balaban J connectivity index is 1.35. The molecule has 10 heteroatoms. The predicted molar refractivity (Wildman–Crippen MR) is 141 cm³/mol. The van der Waals surface area contributed by atoms with E-state index in [0.29, 0.717) is 30.4 Å². The summed E-state index contributed by atoms with van der Waals surface area (Å²) in [5, 5.41) is 16.0. The molecule has 3 aromatic rings. The van der Waals surface area contributed by atoms with Crippen molar-refractivity contribution >= 4 is 29.3 Å². The summed E-state index contributed by atoms with van der Waals surface area (Å²) < 4.78 is 0. The van der Waals surface area contributed by atoms with Crippen molar-refractivity contribution in [3.05, 3.63) is 70.9 Å². The molecule has 2 aliphatic rings. The Labute approximate surface area is 215 Å². The van der Waals surface area contributed by atoms with Crippen LogP contribution in [-0.4, -0.2) is 50.4 Å². The molecule has 5 rings (SSSR count). The highest BCUT2D eigenvalue weighted by molar-refractivity contribution is 5.98. The summed E-state index contributed by atoms with van der Waals surface area (Å²) in [6.45, 7) is 1.05. The van der Waals surface area contributed by atoms with Crippen molar-refractivity contribution < 1.29 is 14.7 Å². The number of amides is 2. The van der Waals surface area contributed by atoms with E-state index in [1.54, 1.807) is 17.0 Å². The van der Waals surface area contributed by atoms with Crippen LogP contribution >= 0.6 is 0 Å². The normalized spacial score (nSPS) is 19.1. The molecule has 1 aliphatic heterocycles. The van der Waals surface area contributed by atoms with Crippen molar-refractivity contribution in [1.29, 1.82) is 0 Å². The van der Waals surface area contributed by atoms with Gasteiger partial charge >= 0.3 is 0 Å². The average Bonchev–Trinajstić information content (AvgIpc) is 2.89. The number of primary amides is 1. The number of anilines is 3. The van der Waals surface area contributed by atoms with Crippen LogP contribution in [0.25, 0.3) is 0 Å². The van der Waals surface area contributed by atoms with Gasteiger partial charge in [-0.25, -0.2) is 4.98 Å². The fraction of sp³-hybridized carbons (Fsp3) is 0.333. The smallest absolute Gasteiger partial charge is 0.254 e. The standard InChI is InChI=1S/C27H31N7O3/c28-22-3-1-2-4-23(22)32-27-30-14-21(24(29)36)25(33-27)31-19-8-5-16-11-12-34(15-18(16)13-19)26(37)17-6-9-20(35)10-7-17/h5-10,13-14,22-23,35H,1-4,11-12,15,28H2,(H2,29,36)(H2,30,31,32,33)/t22-,23+/m0/s1. The summed E-state index contributed by atoms with van der Waals surface area (Å²) in [5.41, 5.74) is 15.4. The van der Waals surface area contributed by atoms with Crippen molar-refractivity contribution in [3.8, 4) is 5.75 Å². The molecule has 0 bridgehead atoms. The number of fused-ring (bicyclic) bond motifs is 1. The van der Waals surface area contributed by atoms with Crippen molar-refractivity contribution in [2.24, 2.45) is 11.5 Å². The van der Waals surface area contributed by atoms with Gasteiger partial charge in [-0.15, -0.1) is 0 Å². The number of benzene rings is 2. The lowest BCUT2D eigenvalue weighted by Crippen LogP contribution is -2.43. The highest BCUT2D eigenvalue weighted by Gasteiger charge is 2.24. The van der Waals surface area contributed by atoms with Gasteiger partial charge < -0.3 is 32.1 Å². The van der Waals surface area contributed by atoms with Crippen LogP contribution in [0, 0.1) is 0 Å². The molecular weight excluding hydrogens is 470 g/mol. The second-order valence-electron chi connectivity index (χ2n) is 9.65. The maximum absolute atomic E-state index is 13.0. The van der Waals surface area contributed by atoms with E-state index in [2.05, 4.69) is 20.6 Å². The third kappa shape index (κ3) is 5.49. The second kappa shape index (κ2) is 10.4. The van der Waals surface area contributed by atoms with Crippen molar-refractivity contribution in [2.75, 3.05) is 17.2 Å². The summed E-state index contributed by atoms with van der Waals surface area (Å²) in [6.07, 6.45) is 6.25. The molecular formula is C27H31N7O3. The van der Waals surface area contributed by atoms with E-state index in [0.717, 1.165) is 48.9 Å². The Bertz CT molecular complexity index is 1310. The van der Waals surface area contributed by atoms with Crippen LogP contribution in [0.4, 0.5) is 17.5 Å². The van der Waals surface area contributed by atoms with Gasteiger partial charge in [0.15, 0.2) is 0 Å². The number of nitrogens with zero attached hydrogens (tertiary/aromatic N) is 3. The van der Waals surface area contributed by atoms with Crippen molar-refractivity contribution in [1.82, 2.24) is 14.9 Å². The molecule has 2 amide bonds. The molecule has 0 radical (unpaired) electrons. The van der Waals surface area contributed by atoms with Crippen LogP contribution in [0.15, 0.2) is 48.7 Å². The topological polar surface area (TPSA) is 159 Å². The third-order valence-electron chi connectivity index (χ3n) is 7.07. The van der Waals surface area contributed by atoms with Crippen LogP contribution < -0.4 is 22.1 Å². The molecule has 10 nitrogen and oxygen atoms in total. The number of phenols is 1. The minimum absolute atomic E-state index is 0.0254. The minimum atomic E-state index is -0.632. The Morgan fingerprint density at radius 1 is 1.05 bits per heavy atom. The largest absolute Gasteiger partial charge is 0.508 e. The molecule has 0 saturated heterocycles. The number of phenolic OH excluding ortho intramolecular Hbond substituents is 1. The predicted octanol–water partition coefficient (Wildman–Crippen LogP) is 2.91. The van der Waals surface area contributed by atoms with Crippen LogP contribution in [0.1, 0.15) is 57.5 Å². The van der Waals surface area contributed by atoms with E-state index in [-0.39, 0.29) is 29.3 Å². The summed E-state index contributed by atoms with van der Waals surface area (Å²) in [6, 6.07) is 12.3. The summed E-state index contributed by atoms with van der Waals surface area (Å²) in [4.78, 5) is 35.7. The van der Waals surface area contributed by atoms with Crippen molar-refractivity contribution in [2.45, 2.75) is 50.7 Å². The molecule has 2 heterocycles. The monoisotopic (exact) mass is 501 g/mol. The van der Waals surface area contributed by atoms with E-state index in [1.165, 1.54) is 18.3 Å². The number of aromatic nitrogens is 2. The molecule has 1 saturated carbocycles. The van der Waals surface area contributed by atoms with E-state index in [9.17, 15) is 14.7 Å². The Kier molecular flexibility index (Phi) is 6.91. The fourth-order valence-corrected chi connectivity index (χ4v) is 4.96. The molecule has 2 aromatic carbocycles. The van der Waals surface area contributed by atoms with E-state index in [1.807, 2.05) is 18.2 Å². The van der Waals surface area contributed by atoms with Crippen LogP contribution in [0.3, 0.4) is 0 Å². The fourth-order valence-electron chi connectivity index (χ4n) is 4.96. The number of carbonyl (C=O) groups is 2. The van der Waals surface area contributed by atoms with E-state index >= 15 is 0 Å². The first kappa shape index (κ1) is 24.5. The molecule has 0 spiro atoms. The van der Waals surface area contributed by atoms with Gasteiger partial charge in [0.25, 0.3) is 11.8 Å². The summed E-state index contributed by atoms with van der Waals surface area (Å²) in [7, 11) is 0. The highest BCUT2D eigenvalue weighted by Crippen LogP contribution is 2.27. The summed E-state index contributed by atoms with van der Waals surface area (Å²) in [5.74, 6) is 0.0939. The van der Waals surface area contributed by atoms with Gasteiger partial charge in [0.1, 0.15) is 17.1 Å². The maximum Gasteiger partial charge on any atom is 0.254 e. The summed E-state index contributed by atoms with van der Waals surface area (Å²) >= 11 is 0. The SMILES string of the molecule is NC(=O)c1cnc(N[C@@H]2CCCC[C@@H]2N)nc1Nc1ccc2c(c1)CN(C(=O)c1ccc(O)cc1)CC2. The zero-order chi connectivity index (χ0) is 25.9. The van der Waals surface area contributed by atoms with Gasteiger partial charge in [0, 0.05) is 42.6 Å². The van der Waals surface area contributed by atoms with Gasteiger partial charge in [0.05, 0.1) is 0 Å². The number of carbonyl (C=O) groups excluding carboxylic acids is 2. The van der Waals surface area contributed by atoms with Gasteiger partial charge in [-0.3, -0.25) is 9.59 Å². The van der Waals surface area contributed by atoms with Gasteiger partial charge in [0.2, 0.25) is 5.95 Å². The number of aromatic hydroxyl groups is 1.